The number of methoxy groups -OCH3 is 1. The van der Waals surface area contributed by atoms with Gasteiger partial charge in [-0.2, -0.15) is 0 Å². The van der Waals surface area contributed by atoms with Gasteiger partial charge in [0, 0.05) is 11.8 Å². The number of pyridine rings is 1. The van der Waals surface area contributed by atoms with Crippen LogP contribution in [0.5, 0.6) is 5.88 Å². The lowest BCUT2D eigenvalue weighted by molar-refractivity contribution is 0.391. The molecule has 0 aliphatic heterocycles. The number of fused-ring (bicyclic) bond motifs is 1. The van der Waals surface area contributed by atoms with Crippen LogP contribution in [0.4, 0.5) is 5.82 Å². The van der Waals surface area contributed by atoms with Crippen LogP contribution in [0, 0.1) is 0 Å². The minimum Gasteiger partial charge on any atom is -0.481 e. The first-order valence-corrected chi connectivity index (χ1v) is 5.69. The second-order valence-electron chi connectivity index (χ2n) is 3.98. The average Bonchev–Trinajstić information content (AvgIpc) is 2.84. The maximum Gasteiger partial charge on any atom is 0.218 e. The van der Waals surface area contributed by atoms with Crippen molar-refractivity contribution in [2.45, 2.75) is 6.54 Å². The van der Waals surface area contributed by atoms with E-state index in [0.717, 1.165) is 5.56 Å². The number of imidazole rings is 1. The first kappa shape index (κ1) is 11.4. The summed E-state index contributed by atoms with van der Waals surface area (Å²) in [6.07, 6.45) is 4.80. The third-order valence-electron chi connectivity index (χ3n) is 2.81. The number of anilines is 1. The van der Waals surface area contributed by atoms with E-state index < -0.39 is 0 Å². The Morgan fingerprint density at radius 1 is 1.26 bits per heavy atom. The molecule has 0 aromatic carbocycles. The Labute approximate surface area is 109 Å². The van der Waals surface area contributed by atoms with E-state index in [-0.39, 0.29) is 0 Å². The molecule has 0 fully saturated rings. The molecule has 0 aliphatic rings. The number of aromatic nitrogens is 5. The first-order valence-electron chi connectivity index (χ1n) is 5.69. The van der Waals surface area contributed by atoms with Gasteiger partial charge < -0.3 is 15.0 Å². The highest BCUT2D eigenvalue weighted by molar-refractivity contribution is 5.81. The zero-order chi connectivity index (χ0) is 13.2. The predicted molar refractivity (Wildman–Crippen MR) is 69.6 cm³/mol. The highest BCUT2D eigenvalue weighted by atomic mass is 16.5. The van der Waals surface area contributed by atoms with Crippen LogP contribution in [-0.2, 0) is 6.54 Å². The first-order chi connectivity index (χ1) is 9.29. The number of nitrogen functional groups attached to an aromatic ring is 1. The van der Waals surface area contributed by atoms with Crippen molar-refractivity contribution < 1.29 is 4.74 Å². The van der Waals surface area contributed by atoms with Crippen LogP contribution in [0.2, 0.25) is 0 Å². The molecular formula is C12H12N6O. The topological polar surface area (TPSA) is 91.7 Å². The fraction of sp³-hybridized carbons (Fsp3) is 0.167. The number of hydrogen-bond acceptors (Lipinski definition) is 6. The van der Waals surface area contributed by atoms with Gasteiger partial charge in [-0.05, 0) is 6.07 Å². The molecule has 19 heavy (non-hydrogen) atoms. The van der Waals surface area contributed by atoms with Crippen molar-refractivity contribution in [3.8, 4) is 5.88 Å². The van der Waals surface area contributed by atoms with Crippen molar-refractivity contribution in [2.24, 2.45) is 0 Å². The van der Waals surface area contributed by atoms with Crippen LogP contribution >= 0.6 is 0 Å². The normalized spacial score (nSPS) is 10.8. The maximum absolute atomic E-state index is 5.76. The van der Waals surface area contributed by atoms with E-state index in [0.29, 0.717) is 29.4 Å². The molecule has 96 valence electrons. The van der Waals surface area contributed by atoms with Crippen LogP contribution < -0.4 is 10.5 Å². The quantitative estimate of drug-likeness (QED) is 0.747. The van der Waals surface area contributed by atoms with Crippen molar-refractivity contribution >= 4 is 17.0 Å². The SMILES string of the molecule is COc1ncccc1Cn1cnc2c(N)ncnc21. The number of nitrogens with zero attached hydrogens (tertiary/aromatic N) is 5. The Hall–Kier alpha value is -2.70. The molecule has 3 rings (SSSR count). The molecule has 3 aromatic heterocycles. The van der Waals surface area contributed by atoms with Gasteiger partial charge in [-0.25, -0.2) is 19.9 Å². The van der Waals surface area contributed by atoms with Crippen LogP contribution in [-0.4, -0.2) is 31.6 Å². The monoisotopic (exact) mass is 256 g/mol. The summed E-state index contributed by atoms with van der Waals surface area (Å²) in [6.45, 7) is 0.559. The Kier molecular flexibility index (Phi) is 2.71. The molecule has 7 heteroatoms. The molecule has 0 unspecified atom stereocenters. The van der Waals surface area contributed by atoms with Crippen molar-refractivity contribution in [2.75, 3.05) is 12.8 Å². The highest BCUT2D eigenvalue weighted by Gasteiger charge is 2.10. The summed E-state index contributed by atoms with van der Waals surface area (Å²) in [4.78, 5) is 16.5. The largest absolute Gasteiger partial charge is 0.481 e. The smallest absolute Gasteiger partial charge is 0.218 e. The fourth-order valence-corrected chi connectivity index (χ4v) is 1.93. The molecule has 7 nitrogen and oxygen atoms in total. The number of nitrogens with two attached hydrogens (primary N) is 1. The zero-order valence-corrected chi connectivity index (χ0v) is 10.3. The molecule has 0 saturated carbocycles. The lowest BCUT2D eigenvalue weighted by Gasteiger charge is -2.07. The molecule has 0 atom stereocenters. The standard InChI is InChI=1S/C12H12N6O/c1-19-12-8(3-2-4-14-12)5-18-7-17-9-10(13)15-6-16-11(9)18/h2-4,6-7H,5H2,1H3,(H2,13,15,16). The lowest BCUT2D eigenvalue weighted by atomic mass is 10.2. The Bertz CT molecular complexity index is 723. The summed E-state index contributed by atoms with van der Waals surface area (Å²) in [7, 11) is 1.60. The minimum atomic E-state index is 0.377. The van der Waals surface area contributed by atoms with E-state index in [2.05, 4.69) is 19.9 Å². The number of hydrogen-bond donors (Lipinski definition) is 1. The number of ether oxygens (including phenoxy) is 1. The maximum atomic E-state index is 5.76. The molecule has 0 saturated heterocycles. The minimum absolute atomic E-state index is 0.377. The molecule has 3 heterocycles. The van der Waals surface area contributed by atoms with E-state index in [1.807, 2.05) is 16.7 Å². The van der Waals surface area contributed by atoms with E-state index >= 15 is 0 Å². The predicted octanol–water partition coefficient (Wildman–Crippen LogP) is 0.860. The summed E-state index contributed by atoms with van der Waals surface area (Å²) in [5, 5.41) is 0. The molecule has 2 N–H and O–H groups in total. The van der Waals surface area contributed by atoms with Gasteiger partial charge in [-0.15, -0.1) is 0 Å². The van der Waals surface area contributed by atoms with Crippen LogP contribution in [0.3, 0.4) is 0 Å². The molecular weight excluding hydrogens is 244 g/mol. The van der Waals surface area contributed by atoms with Gasteiger partial charge in [0.15, 0.2) is 11.5 Å². The molecule has 0 radical (unpaired) electrons. The lowest BCUT2D eigenvalue weighted by Crippen LogP contribution is -2.03. The summed E-state index contributed by atoms with van der Waals surface area (Å²) in [6, 6.07) is 3.81. The average molecular weight is 256 g/mol. The van der Waals surface area contributed by atoms with Gasteiger partial charge in [-0.1, -0.05) is 6.07 Å². The van der Waals surface area contributed by atoms with Gasteiger partial charge in [0.05, 0.1) is 20.0 Å². The molecule has 3 aromatic rings. The van der Waals surface area contributed by atoms with Crippen molar-refractivity contribution in [1.29, 1.82) is 0 Å². The van der Waals surface area contributed by atoms with Gasteiger partial charge >= 0.3 is 0 Å². The Morgan fingerprint density at radius 3 is 3.00 bits per heavy atom. The van der Waals surface area contributed by atoms with Gasteiger partial charge in [-0.3, -0.25) is 0 Å². The second kappa shape index (κ2) is 4.52. The van der Waals surface area contributed by atoms with E-state index in [4.69, 9.17) is 10.5 Å². The fourth-order valence-electron chi connectivity index (χ4n) is 1.93. The van der Waals surface area contributed by atoms with E-state index in [1.54, 1.807) is 19.6 Å². The summed E-state index contributed by atoms with van der Waals surface area (Å²) >= 11 is 0. The Morgan fingerprint density at radius 2 is 2.16 bits per heavy atom. The Balaban J connectivity index is 2.04. The molecule has 0 amide bonds. The molecule has 0 bridgehead atoms. The van der Waals surface area contributed by atoms with Crippen molar-refractivity contribution in [3.63, 3.8) is 0 Å². The van der Waals surface area contributed by atoms with E-state index in [9.17, 15) is 0 Å². The molecule has 0 spiro atoms. The third-order valence-corrected chi connectivity index (χ3v) is 2.81. The van der Waals surface area contributed by atoms with Crippen LogP contribution in [0.1, 0.15) is 5.56 Å². The zero-order valence-electron chi connectivity index (χ0n) is 10.3. The van der Waals surface area contributed by atoms with E-state index in [1.165, 1.54) is 6.33 Å². The van der Waals surface area contributed by atoms with Gasteiger partial charge in [0.2, 0.25) is 5.88 Å². The van der Waals surface area contributed by atoms with Crippen molar-refractivity contribution in [1.82, 2.24) is 24.5 Å². The van der Waals surface area contributed by atoms with Gasteiger partial charge in [0.1, 0.15) is 11.8 Å². The second-order valence-corrected chi connectivity index (χ2v) is 3.98. The molecule has 0 aliphatic carbocycles. The van der Waals surface area contributed by atoms with Crippen LogP contribution in [0.15, 0.2) is 31.0 Å². The summed E-state index contributed by atoms with van der Waals surface area (Å²) < 4.78 is 7.11. The number of rotatable bonds is 3. The van der Waals surface area contributed by atoms with Crippen LogP contribution in [0.25, 0.3) is 11.2 Å². The third kappa shape index (κ3) is 1.95. The van der Waals surface area contributed by atoms with Crippen molar-refractivity contribution in [3.05, 3.63) is 36.5 Å². The highest BCUT2D eigenvalue weighted by Crippen LogP contribution is 2.19. The summed E-state index contributed by atoms with van der Waals surface area (Å²) in [5.41, 5.74) is 8.00. The summed E-state index contributed by atoms with van der Waals surface area (Å²) in [5.74, 6) is 0.966. The van der Waals surface area contributed by atoms with Gasteiger partial charge in [0.25, 0.3) is 0 Å².